The van der Waals surface area contributed by atoms with Gasteiger partial charge >= 0.3 is 0 Å². The minimum Gasteiger partial charge on any atom is -0.140 e. The second-order valence-electron chi connectivity index (χ2n) is 14.7. The summed E-state index contributed by atoms with van der Waals surface area (Å²) in [5.74, 6) is 0. The van der Waals surface area contributed by atoms with Gasteiger partial charge in [0.25, 0.3) is 0 Å². The van der Waals surface area contributed by atoms with Crippen LogP contribution in [0.15, 0.2) is 194 Å². The van der Waals surface area contributed by atoms with E-state index >= 15 is 0 Å². The standard InChI is InChI=1S/C55H44S2/c1-38-48(36-50(56-38)54(44-30-17-7-18-31-44)52(40-22-9-3-10-23-40)41-24-11-4-12-25-41)46-34-21-35-47(46)49-37-51(57-39(49)2)55(45-32-19-8-20-33-45)53(42-26-13-5-14-27-42)43-28-15-6-16-29-43/h3-20,22-33,36-37H,21,34-35H2,1-2H3. The van der Waals surface area contributed by atoms with E-state index in [0.29, 0.717) is 0 Å². The predicted octanol–water partition coefficient (Wildman–Crippen LogP) is 15.5. The van der Waals surface area contributed by atoms with Gasteiger partial charge in [-0.05, 0) is 112 Å². The summed E-state index contributed by atoms with van der Waals surface area (Å²) in [6.07, 6.45) is 3.35. The molecule has 9 rings (SSSR count). The second kappa shape index (κ2) is 16.6. The molecule has 0 bridgehead atoms. The van der Waals surface area contributed by atoms with Crippen LogP contribution in [0.25, 0.3) is 33.4 Å². The van der Waals surface area contributed by atoms with E-state index in [1.807, 2.05) is 22.7 Å². The zero-order valence-corrected chi connectivity index (χ0v) is 34.0. The summed E-state index contributed by atoms with van der Waals surface area (Å²) in [6, 6.07) is 70.6. The highest BCUT2D eigenvalue weighted by Crippen LogP contribution is 2.49. The van der Waals surface area contributed by atoms with Gasteiger partial charge < -0.3 is 0 Å². The molecule has 8 aromatic rings. The van der Waals surface area contributed by atoms with Crippen LogP contribution in [0.3, 0.4) is 0 Å². The molecule has 0 fully saturated rings. The Morgan fingerprint density at radius 2 is 0.579 bits per heavy atom. The number of aryl methyl sites for hydroxylation is 2. The summed E-state index contributed by atoms with van der Waals surface area (Å²) < 4.78 is 0. The second-order valence-corrected chi connectivity index (χ2v) is 17.2. The summed E-state index contributed by atoms with van der Waals surface area (Å²) in [7, 11) is 0. The summed E-state index contributed by atoms with van der Waals surface area (Å²) in [4.78, 5) is 5.37. The maximum Gasteiger partial charge on any atom is 0.0364 e. The Bertz CT molecular complexity index is 2440. The number of benzene rings is 6. The Morgan fingerprint density at radius 1 is 0.333 bits per heavy atom. The molecule has 0 aliphatic heterocycles. The molecule has 0 nitrogen and oxygen atoms in total. The zero-order valence-electron chi connectivity index (χ0n) is 32.4. The molecule has 1 aliphatic rings. The Kier molecular flexibility index (Phi) is 10.6. The smallest absolute Gasteiger partial charge is 0.0364 e. The molecule has 0 radical (unpaired) electrons. The largest absolute Gasteiger partial charge is 0.140 e. The molecule has 1 aliphatic carbocycles. The fraction of sp³-hybridized carbons (Fsp3) is 0.0909. The Labute approximate surface area is 345 Å². The highest BCUT2D eigenvalue weighted by molar-refractivity contribution is 7.14. The lowest BCUT2D eigenvalue weighted by atomic mass is 9.87. The van der Waals surface area contributed by atoms with Gasteiger partial charge in [0.15, 0.2) is 0 Å². The molecule has 276 valence electrons. The molecule has 0 spiro atoms. The molecule has 2 heterocycles. The zero-order chi connectivity index (χ0) is 38.6. The number of thiophene rings is 2. The van der Waals surface area contributed by atoms with Crippen LogP contribution >= 0.6 is 22.7 Å². The van der Waals surface area contributed by atoms with E-state index in [4.69, 9.17) is 0 Å². The third-order valence-corrected chi connectivity index (χ3v) is 13.2. The van der Waals surface area contributed by atoms with Crippen LogP contribution in [0.2, 0.25) is 0 Å². The van der Waals surface area contributed by atoms with E-state index in [-0.39, 0.29) is 0 Å². The molecule has 6 aromatic carbocycles. The van der Waals surface area contributed by atoms with E-state index in [0.717, 1.165) is 12.8 Å². The van der Waals surface area contributed by atoms with Crippen LogP contribution < -0.4 is 0 Å². The molecular formula is C55H44S2. The molecular weight excluding hydrogens is 725 g/mol. The molecule has 0 saturated heterocycles. The number of allylic oxidation sites excluding steroid dienone is 2. The summed E-state index contributed by atoms with van der Waals surface area (Å²) in [5.41, 5.74) is 18.3. The monoisotopic (exact) mass is 768 g/mol. The fourth-order valence-electron chi connectivity index (χ4n) is 8.51. The molecule has 0 atom stereocenters. The SMILES string of the molecule is Cc1sc(C(=C(c2ccccc2)c2ccccc2)c2ccccc2)cc1C1=C(c2cc(C(=C(c3ccccc3)c3ccccc3)c3ccccc3)sc2C)CCC1. The molecule has 0 amide bonds. The van der Waals surface area contributed by atoms with Crippen molar-refractivity contribution in [1.29, 1.82) is 0 Å². The van der Waals surface area contributed by atoms with E-state index in [9.17, 15) is 0 Å². The van der Waals surface area contributed by atoms with Gasteiger partial charge in [-0.15, -0.1) is 22.7 Å². The van der Waals surface area contributed by atoms with E-state index < -0.39 is 0 Å². The van der Waals surface area contributed by atoms with Crippen molar-refractivity contribution in [2.24, 2.45) is 0 Å². The first-order valence-electron chi connectivity index (χ1n) is 19.9. The van der Waals surface area contributed by atoms with Gasteiger partial charge in [-0.3, -0.25) is 0 Å². The van der Waals surface area contributed by atoms with Gasteiger partial charge in [-0.1, -0.05) is 182 Å². The lowest BCUT2D eigenvalue weighted by Crippen LogP contribution is -1.96. The van der Waals surface area contributed by atoms with Crippen molar-refractivity contribution in [1.82, 2.24) is 0 Å². The molecule has 0 N–H and O–H groups in total. The first-order valence-corrected chi connectivity index (χ1v) is 21.5. The van der Waals surface area contributed by atoms with Crippen molar-refractivity contribution < 1.29 is 0 Å². The third-order valence-electron chi connectivity index (χ3n) is 11.1. The van der Waals surface area contributed by atoms with Crippen molar-refractivity contribution in [3.05, 3.63) is 258 Å². The minimum absolute atomic E-state index is 1.09. The number of rotatable bonds is 10. The van der Waals surface area contributed by atoms with Gasteiger partial charge in [0, 0.05) is 30.7 Å². The molecule has 2 aromatic heterocycles. The van der Waals surface area contributed by atoms with Gasteiger partial charge in [-0.2, -0.15) is 0 Å². The highest BCUT2D eigenvalue weighted by Gasteiger charge is 2.27. The Balaban J connectivity index is 1.22. The number of hydrogen-bond donors (Lipinski definition) is 0. The fourth-order valence-corrected chi connectivity index (χ4v) is 10.7. The first-order chi connectivity index (χ1) is 28.1. The van der Waals surface area contributed by atoms with E-state index in [1.54, 1.807) is 0 Å². The van der Waals surface area contributed by atoms with Crippen molar-refractivity contribution in [3.8, 4) is 0 Å². The molecule has 0 saturated carbocycles. The maximum absolute atomic E-state index is 2.51. The predicted molar refractivity (Wildman–Crippen MR) is 247 cm³/mol. The van der Waals surface area contributed by atoms with Crippen molar-refractivity contribution in [2.45, 2.75) is 33.1 Å². The molecule has 0 unspecified atom stereocenters. The first kappa shape index (κ1) is 36.6. The Morgan fingerprint density at radius 3 is 0.842 bits per heavy atom. The van der Waals surface area contributed by atoms with Crippen LogP contribution in [0, 0.1) is 13.8 Å². The summed E-state index contributed by atoms with van der Waals surface area (Å²) in [6.45, 7) is 4.65. The lowest BCUT2D eigenvalue weighted by molar-refractivity contribution is 0.941. The lowest BCUT2D eigenvalue weighted by Gasteiger charge is -2.17. The van der Waals surface area contributed by atoms with E-state index in [1.165, 1.54) is 104 Å². The third kappa shape index (κ3) is 7.47. The van der Waals surface area contributed by atoms with Crippen molar-refractivity contribution >= 4 is 56.1 Å². The Hall–Kier alpha value is -6.06. The topological polar surface area (TPSA) is 0 Å². The highest BCUT2D eigenvalue weighted by atomic mass is 32.1. The van der Waals surface area contributed by atoms with Crippen LogP contribution in [-0.4, -0.2) is 0 Å². The summed E-state index contributed by atoms with van der Waals surface area (Å²) in [5, 5.41) is 0. The van der Waals surface area contributed by atoms with Gasteiger partial charge in [0.2, 0.25) is 0 Å². The number of hydrogen-bond acceptors (Lipinski definition) is 2. The normalized spacial score (nSPS) is 12.5. The quantitative estimate of drug-likeness (QED) is 0.122. The molecule has 57 heavy (non-hydrogen) atoms. The van der Waals surface area contributed by atoms with E-state index in [2.05, 4.69) is 208 Å². The van der Waals surface area contributed by atoms with Crippen LogP contribution in [0.1, 0.15) is 83.3 Å². The van der Waals surface area contributed by atoms with Gasteiger partial charge in [0.1, 0.15) is 0 Å². The average Bonchev–Trinajstić information content (AvgIpc) is 4.01. The maximum atomic E-state index is 2.51. The van der Waals surface area contributed by atoms with Crippen molar-refractivity contribution in [2.75, 3.05) is 0 Å². The van der Waals surface area contributed by atoms with Gasteiger partial charge in [-0.25, -0.2) is 0 Å². The van der Waals surface area contributed by atoms with Crippen molar-refractivity contribution in [3.63, 3.8) is 0 Å². The average molecular weight is 769 g/mol. The van der Waals surface area contributed by atoms with Crippen LogP contribution in [-0.2, 0) is 0 Å². The summed E-state index contributed by atoms with van der Waals surface area (Å²) >= 11 is 3.87. The van der Waals surface area contributed by atoms with Crippen LogP contribution in [0.5, 0.6) is 0 Å². The van der Waals surface area contributed by atoms with Gasteiger partial charge in [0.05, 0.1) is 0 Å². The minimum atomic E-state index is 1.09. The van der Waals surface area contributed by atoms with Crippen LogP contribution in [0.4, 0.5) is 0 Å². The molecule has 2 heteroatoms.